The Morgan fingerprint density at radius 3 is 2.65 bits per heavy atom. The fraction of sp³-hybridized carbons (Fsp3) is 0.250. The Kier molecular flexibility index (Phi) is 4.68. The van der Waals surface area contributed by atoms with E-state index in [1.807, 2.05) is 0 Å². The average Bonchev–Trinajstić information content (AvgIpc) is 3.06. The lowest BCUT2D eigenvalue weighted by Crippen LogP contribution is -2.40. The highest BCUT2D eigenvalue weighted by atomic mass is 32.1. The molecule has 0 saturated heterocycles. The zero-order chi connectivity index (χ0) is 19.0. The molecule has 2 aromatic heterocycles. The number of aryl methyl sites for hydroxylation is 1. The predicted octanol–water partition coefficient (Wildman–Crippen LogP) is 1.89. The topological polar surface area (TPSA) is 90.0 Å². The minimum Gasteiger partial charge on any atom is -0.503 e. The monoisotopic (exact) mass is 380 g/mol. The second-order valence-corrected chi connectivity index (χ2v) is 6.59. The van der Waals surface area contributed by atoms with E-state index in [4.69, 9.17) is 0 Å². The van der Waals surface area contributed by atoms with Crippen molar-refractivity contribution in [3.63, 3.8) is 0 Å². The molecule has 10 heteroatoms. The van der Waals surface area contributed by atoms with Crippen molar-refractivity contribution in [2.24, 2.45) is 0 Å². The summed E-state index contributed by atoms with van der Waals surface area (Å²) < 4.78 is 29.6. The van der Waals surface area contributed by atoms with E-state index >= 15 is 0 Å². The highest BCUT2D eigenvalue weighted by molar-refractivity contribution is 7.14. The van der Waals surface area contributed by atoms with E-state index < -0.39 is 23.1 Å². The Balaban J connectivity index is 1.98. The van der Waals surface area contributed by atoms with Gasteiger partial charge in [0.1, 0.15) is 5.01 Å². The maximum atomic E-state index is 14.0. The lowest BCUT2D eigenvalue weighted by Gasteiger charge is -2.08. The fourth-order valence-electron chi connectivity index (χ4n) is 2.47. The number of hydrogen-bond donors (Lipinski definition) is 1. The molecule has 7 nitrogen and oxygen atoms in total. The Morgan fingerprint density at radius 1 is 1.23 bits per heavy atom. The number of aromatic hydroxyl groups is 1. The number of phenols is 1. The van der Waals surface area contributed by atoms with Crippen LogP contribution in [0.4, 0.5) is 8.78 Å². The van der Waals surface area contributed by atoms with Crippen LogP contribution in [0.5, 0.6) is 5.75 Å². The lowest BCUT2D eigenvalue weighted by atomic mass is 10.2. The first-order chi connectivity index (χ1) is 12.3. The van der Waals surface area contributed by atoms with Crippen molar-refractivity contribution in [1.82, 2.24) is 19.3 Å². The Labute approximate surface area is 149 Å². The number of hydrogen-bond acceptors (Lipinski definition) is 6. The van der Waals surface area contributed by atoms with Gasteiger partial charge in [0.25, 0.3) is 5.56 Å². The molecule has 1 aromatic carbocycles. The van der Waals surface area contributed by atoms with Crippen molar-refractivity contribution in [3.05, 3.63) is 61.4 Å². The molecule has 0 bridgehead atoms. The van der Waals surface area contributed by atoms with Crippen LogP contribution in [0.2, 0.25) is 0 Å². The molecule has 0 radical (unpaired) electrons. The van der Waals surface area contributed by atoms with Gasteiger partial charge in [0, 0.05) is 18.3 Å². The van der Waals surface area contributed by atoms with Gasteiger partial charge in [-0.2, -0.15) is 0 Å². The highest BCUT2D eigenvalue weighted by Crippen LogP contribution is 2.32. The molecular weight excluding hydrogens is 366 g/mol. The molecule has 0 aliphatic carbocycles. The van der Waals surface area contributed by atoms with Gasteiger partial charge in [-0.3, -0.25) is 13.9 Å². The minimum absolute atomic E-state index is 0.0480. The summed E-state index contributed by atoms with van der Waals surface area (Å²) in [5.41, 5.74) is -0.513. The van der Waals surface area contributed by atoms with E-state index in [1.165, 1.54) is 10.8 Å². The van der Waals surface area contributed by atoms with Crippen LogP contribution >= 0.6 is 11.3 Å². The summed E-state index contributed by atoms with van der Waals surface area (Å²) in [7, 11) is 0. The minimum atomic E-state index is -1.12. The molecule has 0 unspecified atom stereocenters. The number of phenolic OH excluding ortho intramolecular Hbond substituents is 1. The maximum absolute atomic E-state index is 14.0. The van der Waals surface area contributed by atoms with Crippen LogP contribution in [0.25, 0.3) is 10.6 Å². The molecule has 0 aliphatic heterocycles. The van der Waals surface area contributed by atoms with E-state index in [9.17, 15) is 23.5 Å². The fourth-order valence-corrected chi connectivity index (χ4v) is 3.33. The third-order valence-corrected chi connectivity index (χ3v) is 4.74. The molecule has 1 N–H and O–H groups in total. The van der Waals surface area contributed by atoms with Gasteiger partial charge < -0.3 is 5.11 Å². The first-order valence-corrected chi connectivity index (χ1v) is 8.45. The van der Waals surface area contributed by atoms with E-state index in [-0.39, 0.29) is 29.2 Å². The van der Waals surface area contributed by atoms with Gasteiger partial charge in [0.05, 0.1) is 12.1 Å². The van der Waals surface area contributed by atoms with Crippen LogP contribution in [0.1, 0.15) is 17.5 Å². The summed E-state index contributed by atoms with van der Waals surface area (Å²) in [6, 6.07) is 2.09. The number of aromatic nitrogens is 4. The average molecular weight is 380 g/mol. The lowest BCUT2D eigenvalue weighted by molar-refractivity contribution is 0.397. The summed E-state index contributed by atoms with van der Waals surface area (Å²) in [6.07, 6.45) is 1.43. The van der Waals surface area contributed by atoms with Crippen LogP contribution in [-0.2, 0) is 13.1 Å². The van der Waals surface area contributed by atoms with Gasteiger partial charge in [0.2, 0.25) is 0 Å². The van der Waals surface area contributed by atoms with Crippen LogP contribution < -0.4 is 11.2 Å². The molecule has 0 atom stereocenters. The van der Waals surface area contributed by atoms with E-state index in [1.54, 1.807) is 13.8 Å². The molecule has 0 spiro atoms. The predicted molar refractivity (Wildman–Crippen MR) is 91.4 cm³/mol. The molecule has 26 heavy (non-hydrogen) atoms. The quantitative estimate of drug-likeness (QED) is 0.747. The van der Waals surface area contributed by atoms with Crippen molar-refractivity contribution >= 4 is 11.3 Å². The summed E-state index contributed by atoms with van der Waals surface area (Å²) >= 11 is 0.999. The highest BCUT2D eigenvalue weighted by Gasteiger charge is 2.18. The molecule has 0 aliphatic rings. The number of benzene rings is 1. The van der Waals surface area contributed by atoms with E-state index in [0.29, 0.717) is 10.6 Å². The smallest absolute Gasteiger partial charge is 0.331 e. The third kappa shape index (κ3) is 3.03. The molecule has 0 fully saturated rings. The number of halogens is 2. The summed E-state index contributed by atoms with van der Waals surface area (Å²) in [6.45, 7) is 3.58. The molecule has 0 amide bonds. The van der Waals surface area contributed by atoms with Crippen LogP contribution in [0.15, 0.2) is 27.9 Å². The SMILES string of the molecule is CCn1c(=O)c(C)cn(Cc2nnc(-c3ccc(F)c(O)c3F)s2)c1=O. The zero-order valence-corrected chi connectivity index (χ0v) is 14.7. The van der Waals surface area contributed by atoms with Gasteiger partial charge >= 0.3 is 5.69 Å². The molecule has 136 valence electrons. The maximum Gasteiger partial charge on any atom is 0.331 e. The van der Waals surface area contributed by atoms with Crippen molar-refractivity contribution in [2.45, 2.75) is 26.9 Å². The Hall–Kier alpha value is -2.88. The normalized spacial score (nSPS) is 11.1. The summed E-state index contributed by atoms with van der Waals surface area (Å²) in [5, 5.41) is 17.7. The Morgan fingerprint density at radius 2 is 1.96 bits per heavy atom. The second-order valence-electron chi connectivity index (χ2n) is 5.53. The molecule has 3 rings (SSSR count). The Bertz CT molecular complexity index is 1100. The van der Waals surface area contributed by atoms with Crippen molar-refractivity contribution < 1.29 is 13.9 Å². The zero-order valence-electron chi connectivity index (χ0n) is 13.9. The van der Waals surface area contributed by atoms with Crippen molar-refractivity contribution in [2.75, 3.05) is 0 Å². The molecular formula is C16H14F2N4O3S. The van der Waals surface area contributed by atoms with Crippen molar-refractivity contribution in [1.29, 1.82) is 0 Å². The summed E-state index contributed by atoms with van der Waals surface area (Å²) in [5.74, 6) is -3.28. The number of rotatable bonds is 4. The van der Waals surface area contributed by atoms with E-state index in [2.05, 4.69) is 10.2 Å². The summed E-state index contributed by atoms with van der Waals surface area (Å²) in [4.78, 5) is 24.3. The van der Waals surface area contributed by atoms with Crippen LogP contribution in [0.3, 0.4) is 0 Å². The van der Waals surface area contributed by atoms with Gasteiger partial charge in [-0.15, -0.1) is 10.2 Å². The van der Waals surface area contributed by atoms with Gasteiger partial charge in [0.15, 0.2) is 22.4 Å². The van der Waals surface area contributed by atoms with Gasteiger partial charge in [-0.25, -0.2) is 13.6 Å². The molecule has 2 heterocycles. The number of nitrogens with zero attached hydrogens (tertiary/aromatic N) is 4. The first kappa shape index (κ1) is 17.9. The van der Waals surface area contributed by atoms with Crippen LogP contribution in [-0.4, -0.2) is 24.4 Å². The molecule has 3 aromatic rings. The van der Waals surface area contributed by atoms with Gasteiger partial charge in [-0.1, -0.05) is 11.3 Å². The van der Waals surface area contributed by atoms with Crippen LogP contribution in [0, 0.1) is 18.6 Å². The first-order valence-electron chi connectivity index (χ1n) is 7.64. The standard InChI is InChI=1S/C16H14F2N4O3S/c1-3-22-15(24)8(2)6-21(16(22)25)7-11-19-20-14(26-11)9-4-5-10(17)13(23)12(9)18/h4-6,23H,3,7H2,1-2H3. The van der Waals surface area contributed by atoms with Gasteiger partial charge in [-0.05, 0) is 26.0 Å². The van der Waals surface area contributed by atoms with E-state index in [0.717, 1.165) is 28.0 Å². The second kappa shape index (κ2) is 6.79. The van der Waals surface area contributed by atoms with Crippen molar-refractivity contribution in [3.8, 4) is 16.3 Å². The largest absolute Gasteiger partial charge is 0.503 e. The third-order valence-electron chi connectivity index (χ3n) is 3.79. The molecule has 0 saturated carbocycles.